The number of nitrogens with one attached hydrogen (secondary N) is 1. The van der Waals surface area contributed by atoms with Gasteiger partial charge < -0.3 is 5.32 Å². The van der Waals surface area contributed by atoms with Gasteiger partial charge in [-0.05, 0) is 24.6 Å². The standard InChI is InChI=1S/C17H19N3O5S/c1-26(24,25)19(15-8-3-2-4-9-15)12-6-11-17(21)18-14-7-5-10-16(13-14)20(22)23/h2-5,7-10,13H,6,11-12H2,1H3,(H,18,21). The van der Waals surface area contributed by atoms with Crippen molar-refractivity contribution < 1.29 is 18.1 Å². The summed E-state index contributed by atoms with van der Waals surface area (Å²) < 4.78 is 25.2. The quantitative estimate of drug-likeness (QED) is 0.562. The van der Waals surface area contributed by atoms with Gasteiger partial charge in [0.1, 0.15) is 0 Å². The van der Waals surface area contributed by atoms with Crippen molar-refractivity contribution in [3.05, 3.63) is 64.7 Å². The molecule has 0 radical (unpaired) electrons. The predicted octanol–water partition coefficient (Wildman–Crippen LogP) is 2.78. The molecule has 0 aromatic heterocycles. The van der Waals surface area contributed by atoms with E-state index in [1.807, 2.05) is 0 Å². The van der Waals surface area contributed by atoms with E-state index in [1.165, 1.54) is 22.5 Å². The van der Waals surface area contributed by atoms with Gasteiger partial charge in [0.05, 0.1) is 16.9 Å². The number of amides is 1. The summed E-state index contributed by atoms with van der Waals surface area (Å²) >= 11 is 0. The Kier molecular flexibility index (Phi) is 6.29. The van der Waals surface area contributed by atoms with Crippen LogP contribution in [0.1, 0.15) is 12.8 Å². The molecule has 0 aliphatic heterocycles. The van der Waals surface area contributed by atoms with Crippen LogP contribution in [0.5, 0.6) is 0 Å². The molecule has 0 saturated carbocycles. The Labute approximate surface area is 151 Å². The molecular weight excluding hydrogens is 358 g/mol. The number of hydrogen-bond donors (Lipinski definition) is 1. The number of anilines is 2. The molecule has 0 heterocycles. The number of para-hydroxylation sites is 1. The van der Waals surface area contributed by atoms with E-state index in [1.54, 1.807) is 36.4 Å². The van der Waals surface area contributed by atoms with Gasteiger partial charge in [-0.15, -0.1) is 0 Å². The minimum atomic E-state index is -3.46. The lowest BCUT2D eigenvalue weighted by molar-refractivity contribution is -0.384. The largest absolute Gasteiger partial charge is 0.326 e. The summed E-state index contributed by atoms with van der Waals surface area (Å²) in [7, 11) is -3.46. The van der Waals surface area contributed by atoms with Gasteiger partial charge in [0.15, 0.2) is 0 Å². The number of nitro groups is 1. The van der Waals surface area contributed by atoms with E-state index in [2.05, 4.69) is 5.32 Å². The van der Waals surface area contributed by atoms with Crippen molar-refractivity contribution in [2.75, 3.05) is 22.4 Å². The molecule has 1 N–H and O–H groups in total. The van der Waals surface area contributed by atoms with E-state index < -0.39 is 14.9 Å². The van der Waals surface area contributed by atoms with Crippen LogP contribution in [0.3, 0.4) is 0 Å². The second-order valence-electron chi connectivity index (χ2n) is 5.63. The molecule has 0 bridgehead atoms. The summed E-state index contributed by atoms with van der Waals surface area (Å²) in [6.07, 6.45) is 1.51. The molecule has 0 atom stereocenters. The van der Waals surface area contributed by atoms with Crippen LogP contribution in [0.25, 0.3) is 0 Å². The average Bonchev–Trinajstić information content (AvgIpc) is 2.58. The highest BCUT2D eigenvalue weighted by Gasteiger charge is 2.17. The number of hydrogen-bond acceptors (Lipinski definition) is 5. The van der Waals surface area contributed by atoms with Crippen LogP contribution < -0.4 is 9.62 Å². The summed E-state index contributed by atoms with van der Waals surface area (Å²) in [5.41, 5.74) is 0.747. The molecule has 0 unspecified atom stereocenters. The fraction of sp³-hybridized carbons (Fsp3) is 0.235. The maximum Gasteiger partial charge on any atom is 0.271 e. The van der Waals surface area contributed by atoms with Crippen molar-refractivity contribution in [1.29, 1.82) is 0 Å². The molecular formula is C17H19N3O5S. The zero-order valence-electron chi connectivity index (χ0n) is 14.2. The number of sulfonamides is 1. The Hall–Kier alpha value is -2.94. The molecule has 26 heavy (non-hydrogen) atoms. The number of nitrogens with zero attached hydrogens (tertiary/aromatic N) is 2. The predicted molar refractivity (Wildman–Crippen MR) is 99.6 cm³/mol. The molecule has 138 valence electrons. The topological polar surface area (TPSA) is 110 Å². The highest BCUT2D eigenvalue weighted by molar-refractivity contribution is 7.92. The molecule has 0 fully saturated rings. The molecule has 0 spiro atoms. The summed E-state index contributed by atoms with van der Waals surface area (Å²) in [5.74, 6) is -0.341. The Balaban J connectivity index is 1.94. The third kappa shape index (κ3) is 5.55. The molecule has 1 amide bonds. The maximum absolute atomic E-state index is 12.0. The molecule has 9 heteroatoms. The Bertz CT molecular complexity index is 884. The van der Waals surface area contributed by atoms with Crippen LogP contribution >= 0.6 is 0 Å². The molecule has 2 aromatic carbocycles. The summed E-state index contributed by atoms with van der Waals surface area (Å²) in [6.45, 7) is 0.158. The second-order valence-corrected chi connectivity index (χ2v) is 7.54. The SMILES string of the molecule is CS(=O)(=O)N(CCCC(=O)Nc1cccc([N+](=O)[O-])c1)c1ccccc1. The van der Waals surface area contributed by atoms with Gasteiger partial charge in [0.2, 0.25) is 15.9 Å². The van der Waals surface area contributed by atoms with Crippen LogP contribution in [-0.2, 0) is 14.8 Å². The normalized spacial score (nSPS) is 11.0. The van der Waals surface area contributed by atoms with E-state index in [9.17, 15) is 23.3 Å². The molecule has 8 nitrogen and oxygen atoms in total. The Morgan fingerprint density at radius 3 is 2.46 bits per heavy atom. The van der Waals surface area contributed by atoms with Gasteiger partial charge in [-0.3, -0.25) is 19.2 Å². The summed E-state index contributed by atoms with van der Waals surface area (Å²) in [4.78, 5) is 22.2. The smallest absolute Gasteiger partial charge is 0.271 e. The van der Waals surface area contributed by atoms with E-state index in [0.717, 1.165) is 6.26 Å². The van der Waals surface area contributed by atoms with Crippen molar-refractivity contribution in [2.24, 2.45) is 0 Å². The van der Waals surface area contributed by atoms with Crippen molar-refractivity contribution in [3.63, 3.8) is 0 Å². The first-order valence-corrected chi connectivity index (χ1v) is 9.69. The number of carbonyl (C=O) groups is 1. The lowest BCUT2D eigenvalue weighted by atomic mass is 10.2. The van der Waals surface area contributed by atoms with Crippen LogP contribution in [0.4, 0.5) is 17.1 Å². The van der Waals surface area contributed by atoms with Gasteiger partial charge in [-0.1, -0.05) is 24.3 Å². The molecule has 0 saturated heterocycles. The number of nitro benzene ring substituents is 1. The zero-order chi connectivity index (χ0) is 19.2. The fourth-order valence-corrected chi connectivity index (χ4v) is 3.35. The summed E-state index contributed by atoms with van der Waals surface area (Å²) in [6, 6.07) is 14.3. The minimum Gasteiger partial charge on any atom is -0.326 e. The Morgan fingerprint density at radius 2 is 1.85 bits per heavy atom. The van der Waals surface area contributed by atoms with Crippen LogP contribution in [0, 0.1) is 10.1 Å². The number of rotatable bonds is 8. The number of benzene rings is 2. The van der Waals surface area contributed by atoms with Crippen molar-refractivity contribution >= 4 is 33.0 Å². The van der Waals surface area contributed by atoms with Crippen molar-refractivity contribution in [3.8, 4) is 0 Å². The fourth-order valence-electron chi connectivity index (χ4n) is 2.38. The lowest BCUT2D eigenvalue weighted by Crippen LogP contribution is -2.31. The van der Waals surface area contributed by atoms with E-state index >= 15 is 0 Å². The van der Waals surface area contributed by atoms with Gasteiger partial charge >= 0.3 is 0 Å². The monoisotopic (exact) mass is 377 g/mol. The Morgan fingerprint density at radius 1 is 1.15 bits per heavy atom. The second kappa shape index (κ2) is 8.43. The third-order valence-corrected chi connectivity index (χ3v) is 4.74. The van der Waals surface area contributed by atoms with Crippen LogP contribution in [-0.4, -0.2) is 32.0 Å². The minimum absolute atomic E-state index is 0.0849. The van der Waals surface area contributed by atoms with Crippen LogP contribution in [0.15, 0.2) is 54.6 Å². The van der Waals surface area contributed by atoms with Gasteiger partial charge in [-0.2, -0.15) is 0 Å². The summed E-state index contributed by atoms with van der Waals surface area (Å²) in [5, 5.41) is 13.3. The molecule has 0 aliphatic carbocycles. The van der Waals surface area contributed by atoms with Gasteiger partial charge in [0, 0.05) is 30.8 Å². The zero-order valence-corrected chi connectivity index (χ0v) is 15.0. The first-order chi connectivity index (χ1) is 12.3. The van der Waals surface area contributed by atoms with Gasteiger partial charge in [0.25, 0.3) is 5.69 Å². The first-order valence-electron chi connectivity index (χ1n) is 7.84. The number of carbonyl (C=O) groups excluding carboxylic acids is 1. The van der Waals surface area contributed by atoms with Crippen LogP contribution in [0.2, 0.25) is 0 Å². The highest BCUT2D eigenvalue weighted by Crippen LogP contribution is 2.19. The lowest BCUT2D eigenvalue weighted by Gasteiger charge is -2.22. The molecule has 0 aliphatic rings. The molecule has 2 rings (SSSR count). The third-order valence-electron chi connectivity index (χ3n) is 3.55. The van der Waals surface area contributed by atoms with E-state index in [4.69, 9.17) is 0 Å². The first kappa shape index (κ1) is 19.4. The van der Waals surface area contributed by atoms with E-state index in [0.29, 0.717) is 17.8 Å². The average molecular weight is 377 g/mol. The van der Waals surface area contributed by atoms with Crippen molar-refractivity contribution in [2.45, 2.75) is 12.8 Å². The number of non-ortho nitro benzene ring substituents is 1. The maximum atomic E-state index is 12.0. The van der Waals surface area contributed by atoms with Gasteiger partial charge in [-0.25, -0.2) is 8.42 Å². The molecule has 2 aromatic rings. The van der Waals surface area contributed by atoms with Crippen molar-refractivity contribution in [1.82, 2.24) is 0 Å². The van der Waals surface area contributed by atoms with E-state index in [-0.39, 0.29) is 24.6 Å². The highest BCUT2D eigenvalue weighted by atomic mass is 32.2.